The van der Waals surface area contributed by atoms with Crippen molar-refractivity contribution in [1.29, 1.82) is 0 Å². The molecule has 4 nitrogen and oxygen atoms in total. The predicted molar refractivity (Wildman–Crippen MR) is 67.5 cm³/mol. The molecule has 0 fully saturated rings. The molecule has 0 spiro atoms. The second-order valence-corrected chi connectivity index (χ2v) is 6.72. The Balaban J connectivity index is 4.56. The van der Waals surface area contributed by atoms with Crippen LogP contribution in [0, 0.1) is 0 Å². The van der Waals surface area contributed by atoms with Gasteiger partial charge in [0.15, 0.2) is 0 Å². The van der Waals surface area contributed by atoms with Crippen LogP contribution in [0.2, 0.25) is 0 Å². The van der Waals surface area contributed by atoms with E-state index in [-0.39, 0.29) is 12.2 Å². The molecule has 1 unspecified atom stereocenters. The first-order valence-electron chi connectivity index (χ1n) is 6.04. The van der Waals surface area contributed by atoms with E-state index in [4.69, 9.17) is 14.8 Å². The molecule has 1 atom stereocenters. The number of nitrogens with two attached hydrogens (primary N) is 1. The second-order valence-electron chi connectivity index (χ2n) is 4.56. The Morgan fingerprint density at radius 3 is 1.88 bits per heavy atom. The molecule has 0 aliphatic heterocycles. The summed E-state index contributed by atoms with van der Waals surface area (Å²) in [6.45, 7) is 9.42. The summed E-state index contributed by atoms with van der Waals surface area (Å²) in [7, 11) is -3.17. The summed E-state index contributed by atoms with van der Waals surface area (Å²) in [5.41, 5.74) is 5.92. The predicted octanol–water partition coefficient (Wildman–Crippen LogP) is 3.50. The van der Waals surface area contributed by atoms with Crippen LogP contribution in [0.5, 0.6) is 0 Å². The Kier molecular flexibility index (Phi) is 7.49. The van der Waals surface area contributed by atoms with Crippen LogP contribution in [0.25, 0.3) is 0 Å². The lowest BCUT2D eigenvalue weighted by molar-refractivity contribution is 0.135. The van der Waals surface area contributed by atoms with Crippen LogP contribution in [-0.4, -0.2) is 18.0 Å². The lowest BCUT2D eigenvalue weighted by Gasteiger charge is -2.27. The Morgan fingerprint density at radius 1 is 1.12 bits per heavy atom. The largest absolute Gasteiger partial charge is 0.347 e. The maximum absolute atomic E-state index is 12.5. The lowest BCUT2D eigenvalue weighted by atomic mass is 10.2. The molecule has 5 heteroatoms. The smallest absolute Gasteiger partial charge is 0.318 e. The fourth-order valence-corrected chi connectivity index (χ4v) is 3.38. The van der Waals surface area contributed by atoms with Crippen molar-refractivity contribution in [3.63, 3.8) is 0 Å². The fourth-order valence-electron chi connectivity index (χ4n) is 1.34. The first-order valence-corrected chi connectivity index (χ1v) is 7.65. The van der Waals surface area contributed by atoms with Crippen molar-refractivity contribution in [2.75, 3.05) is 0 Å². The van der Waals surface area contributed by atoms with Crippen molar-refractivity contribution in [3.8, 4) is 0 Å². The molecule has 0 saturated heterocycles. The first-order chi connectivity index (χ1) is 7.31. The van der Waals surface area contributed by atoms with Crippen molar-refractivity contribution < 1.29 is 13.6 Å². The number of hydrogen-bond donors (Lipinski definition) is 1. The third kappa shape index (κ3) is 6.00. The third-order valence-corrected chi connectivity index (χ3v) is 4.48. The normalized spacial score (nSPS) is 14.8. The van der Waals surface area contributed by atoms with E-state index >= 15 is 0 Å². The third-order valence-electron chi connectivity index (χ3n) is 1.98. The summed E-state index contributed by atoms with van der Waals surface area (Å²) in [6, 6.07) is 0. The van der Waals surface area contributed by atoms with Gasteiger partial charge in [0, 0.05) is 0 Å². The summed E-state index contributed by atoms with van der Waals surface area (Å²) in [5, 5.41) is 0. The quantitative estimate of drug-likeness (QED) is 0.670. The first kappa shape index (κ1) is 16.1. The minimum atomic E-state index is -3.17. The average Bonchev–Trinajstić information content (AvgIpc) is 2.11. The van der Waals surface area contributed by atoms with Gasteiger partial charge in [-0.25, -0.2) is 0 Å². The highest BCUT2D eigenvalue weighted by Crippen LogP contribution is 2.54. The van der Waals surface area contributed by atoms with Gasteiger partial charge in [0.05, 0.1) is 12.2 Å². The molecule has 0 amide bonds. The lowest BCUT2D eigenvalue weighted by Crippen LogP contribution is -2.25. The molecule has 0 aromatic rings. The van der Waals surface area contributed by atoms with Gasteiger partial charge in [0.1, 0.15) is 5.78 Å². The SMILES string of the molecule is CCCCC(N)P(=O)(OC(C)C)OC(C)C. The Bertz CT molecular complexity index is 217. The van der Waals surface area contributed by atoms with E-state index in [0.717, 1.165) is 12.8 Å². The zero-order valence-electron chi connectivity index (χ0n) is 11.1. The van der Waals surface area contributed by atoms with Gasteiger partial charge in [-0.1, -0.05) is 19.8 Å². The van der Waals surface area contributed by atoms with E-state index in [0.29, 0.717) is 6.42 Å². The zero-order chi connectivity index (χ0) is 12.8. The molecule has 0 rings (SSSR count). The van der Waals surface area contributed by atoms with E-state index in [9.17, 15) is 4.57 Å². The molecular formula is C11H26NO3P. The maximum Gasteiger partial charge on any atom is 0.347 e. The molecular weight excluding hydrogens is 225 g/mol. The average molecular weight is 251 g/mol. The highest BCUT2D eigenvalue weighted by molar-refractivity contribution is 7.54. The minimum absolute atomic E-state index is 0.141. The van der Waals surface area contributed by atoms with Gasteiger partial charge in [0.2, 0.25) is 0 Å². The Hall–Kier alpha value is 0.110. The maximum atomic E-state index is 12.5. The van der Waals surface area contributed by atoms with Crippen LogP contribution >= 0.6 is 7.60 Å². The van der Waals surface area contributed by atoms with E-state index in [1.165, 1.54) is 0 Å². The summed E-state index contributed by atoms with van der Waals surface area (Å²) < 4.78 is 23.3. The molecule has 0 aromatic carbocycles. The van der Waals surface area contributed by atoms with Crippen LogP contribution in [0.4, 0.5) is 0 Å². The van der Waals surface area contributed by atoms with Gasteiger partial charge in [-0.05, 0) is 34.1 Å². The van der Waals surface area contributed by atoms with E-state index in [1.807, 2.05) is 27.7 Å². The number of unbranched alkanes of at least 4 members (excludes halogenated alkanes) is 1. The number of rotatable bonds is 8. The molecule has 0 radical (unpaired) electrons. The molecule has 0 saturated carbocycles. The molecule has 0 aromatic heterocycles. The molecule has 98 valence electrons. The van der Waals surface area contributed by atoms with Gasteiger partial charge in [-0.15, -0.1) is 0 Å². The fraction of sp³-hybridized carbons (Fsp3) is 1.00. The van der Waals surface area contributed by atoms with Gasteiger partial charge in [0.25, 0.3) is 0 Å². The summed E-state index contributed by atoms with van der Waals surface area (Å²) in [4.78, 5) is 0. The van der Waals surface area contributed by atoms with Crippen LogP contribution in [-0.2, 0) is 13.6 Å². The van der Waals surface area contributed by atoms with Crippen molar-refractivity contribution in [3.05, 3.63) is 0 Å². The van der Waals surface area contributed by atoms with Crippen molar-refractivity contribution in [1.82, 2.24) is 0 Å². The van der Waals surface area contributed by atoms with Crippen LogP contribution in [0.1, 0.15) is 53.9 Å². The van der Waals surface area contributed by atoms with Crippen molar-refractivity contribution in [2.45, 2.75) is 71.9 Å². The Morgan fingerprint density at radius 2 is 1.56 bits per heavy atom. The molecule has 0 heterocycles. The van der Waals surface area contributed by atoms with Crippen LogP contribution in [0.3, 0.4) is 0 Å². The standard InChI is InChI=1S/C11H26NO3P/c1-6-7-8-11(12)16(13,14-9(2)3)15-10(4)5/h9-11H,6-8,12H2,1-5H3. The second kappa shape index (κ2) is 7.44. The number of hydrogen-bond acceptors (Lipinski definition) is 4. The van der Waals surface area contributed by atoms with Crippen LogP contribution < -0.4 is 5.73 Å². The van der Waals surface area contributed by atoms with Crippen molar-refractivity contribution in [2.24, 2.45) is 5.73 Å². The molecule has 0 aliphatic carbocycles. The molecule has 0 bridgehead atoms. The highest BCUT2D eigenvalue weighted by atomic mass is 31.2. The van der Waals surface area contributed by atoms with E-state index < -0.39 is 13.4 Å². The molecule has 16 heavy (non-hydrogen) atoms. The van der Waals surface area contributed by atoms with Gasteiger partial charge in [-0.3, -0.25) is 4.57 Å². The summed E-state index contributed by atoms with van der Waals surface area (Å²) >= 11 is 0. The summed E-state index contributed by atoms with van der Waals surface area (Å²) in [5.74, 6) is -0.516. The van der Waals surface area contributed by atoms with Gasteiger partial charge >= 0.3 is 7.60 Å². The highest BCUT2D eigenvalue weighted by Gasteiger charge is 2.34. The minimum Gasteiger partial charge on any atom is -0.318 e. The molecule has 2 N–H and O–H groups in total. The summed E-state index contributed by atoms with van der Waals surface area (Å²) in [6.07, 6.45) is 2.35. The van der Waals surface area contributed by atoms with Gasteiger partial charge < -0.3 is 14.8 Å². The van der Waals surface area contributed by atoms with Crippen molar-refractivity contribution >= 4 is 7.60 Å². The monoisotopic (exact) mass is 251 g/mol. The zero-order valence-corrected chi connectivity index (χ0v) is 12.0. The van der Waals surface area contributed by atoms with Crippen LogP contribution in [0.15, 0.2) is 0 Å². The van der Waals surface area contributed by atoms with E-state index in [2.05, 4.69) is 6.92 Å². The Labute approximate surface area is 99.4 Å². The van der Waals surface area contributed by atoms with E-state index in [1.54, 1.807) is 0 Å². The topological polar surface area (TPSA) is 61.6 Å². The van der Waals surface area contributed by atoms with Gasteiger partial charge in [-0.2, -0.15) is 0 Å². The molecule has 0 aliphatic rings.